The van der Waals surface area contributed by atoms with Gasteiger partial charge in [-0.05, 0) is 30.4 Å². The summed E-state index contributed by atoms with van der Waals surface area (Å²) in [7, 11) is 0. The van der Waals surface area contributed by atoms with E-state index in [0.29, 0.717) is 29.8 Å². The molecule has 0 bridgehead atoms. The van der Waals surface area contributed by atoms with Crippen molar-refractivity contribution in [2.45, 2.75) is 26.2 Å². The second kappa shape index (κ2) is 9.96. The van der Waals surface area contributed by atoms with E-state index in [-0.39, 0.29) is 18.0 Å². The number of nitrogens with zero attached hydrogens (tertiary/aromatic N) is 3. The molecule has 0 spiro atoms. The fraction of sp³-hybridized carbons (Fsp3) is 0.429. The summed E-state index contributed by atoms with van der Waals surface area (Å²) >= 11 is 2.43. The van der Waals surface area contributed by atoms with Crippen molar-refractivity contribution < 1.29 is 23.3 Å². The first kappa shape index (κ1) is 20.8. The van der Waals surface area contributed by atoms with Gasteiger partial charge in [-0.1, -0.05) is 23.5 Å². The van der Waals surface area contributed by atoms with Crippen LogP contribution in [0.4, 0.5) is 5.69 Å². The number of hydrogen-bond acceptors (Lipinski definition) is 10. The van der Waals surface area contributed by atoms with Crippen LogP contribution in [0.25, 0.3) is 0 Å². The summed E-state index contributed by atoms with van der Waals surface area (Å²) in [6.07, 6.45) is 0. The Morgan fingerprint density at radius 2 is 2.00 bits per heavy atom. The largest absolute Gasteiger partial charge is 0.485 e. The molecule has 0 aliphatic rings. The first-order valence-corrected chi connectivity index (χ1v) is 12.5. The predicted octanol–water partition coefficient (Wildman–Crippen LogP) is 4.69. The van der Waals surface area contributed by atoms with Crippen molar-refractivity contribution in [3.05, 3.63) is 46.1 Å². The fourth-order valence-corrected chi connectivity index (χ4v) is 8.18. The molecule has 12 heteroatoms. The van der Waals surface area contributed by atoms with Gasteiger partial charge >= 0.3 is 5.77 Å². The first-order valence-electron chi connectivity index (χ1n) is 7.68. The zero-order valence-corrected chi connectivity index (χ0v) is 16.7. The van der Waals surface area contributed by atoms with Gasteiger partial charge in [0, 0.05) is 17.9 Å². The van der Waals surface area contributed by atoms with E-state index in [0.717, 1.165) is 11.4 Å². The van der Waals surface area contributed by atoms with E-state index in [2.05, 4.69) is 10.1 Å². The Labute approximate surface area is 158 Å². The van der Waals surface area contributed by atoms with Crippen LogP contribution in [0, 0.1) is 10.1 Å². The summed E-state index contributed by atoms with van der Waals surface area (Å²) in [6, 6.07) is 5.69. The van der Waals surface area contributed by atoms with Gasteiger partial charge in [0.1, 0.15) is 5.75 Å². The van der Waals surface area contributed by atoms with Crippen molar-refractivity contribution in [2.24, 2.45) is 0 Å². The van der Waals surface area contributed by atoms with Gasteiger partial charge in [0.15, 0.2) is 6.61 Å². The molecule has 26 heavy (non-hydrogen) atoms. The molecule has 2 rings (SSSR count). The number of hydrogen-bond donors (Lipinski definition) is 0. The first-order chi connectivity index (χ1) is 12.5. The lowest BCUT2D eigenvalue weighted by molar-refractivity contribution is -0.384. The summed E-state index contributed by atoms with van der Waals surface area (Å²) in [6.45, 7) is 4.13. The van der Waals surface area contributed by atoms with Crippen LogP contribution >= 0.6 is 28.5 Å². The van der Waals surface area contributed by atoms with Crippen LogP contribution in [0.3, 0.4) is 0 Å². The molecule has 1 heterocycles. The summed E-state index contributed by atoms with van der Waals surface area (Å²) in [5, 5.41) is 14.4. The number of benzene rings is 1. The second-order valence-electron chi connectivity index (χ2n) is 4.70. The summed E-state index contributed by atoms with van der Waals surface area (Å²) in [5.41, 5.74) is -0.0140. The van der Waals surface area contributed by atoms with Gasteiger partial charge in [0.25, 0.3) is 5.69 Å². The van der Waals surface area contributed by atoms with E-state index in [9.17, 15) is 14.7 Å². The Hall–Kier alpha value is -1.55. The summed E-state index contributed by atoms with van der Waals surface area (Å²) in [4.78, 5) is 14.3. The van der Waals surface area contributed by atoms with E-state index in [4.69, 9.17) is 13.8 Å². The Morgan fingerprint density at radius 3 is 2.62 bits per heavy atom. The number of rotatable bonds is 11. The van der Waals surface area contributed by atoms with Crippen LogP contribution in [0.15, 0.2) is 28.8 Å². The highest BCUT2D eigenvalue weighted by atomic mass is 33.1. The minimum atomic E-state index is -2.83. The summed E-state index contributed by atoms with van der Waals surface area (Å²) < 4.78 is 28.5. The minimum absolute atomic E-state index is 0.0140. The Balaban J connectivity index is 1.87. The third-order valence-corrected chi connectivity index (χ3v) is 10.3. The molecule has 142 valence electrons. The average Bonchev–Trinajstić information content (AvgIpc) is 3.07. The van der Waals surface area contributed by atoms with Crippen LogP contribution in [0.1, 0.15) is 25.6 Å². The standard InChI is InChI=1S/C14H18N3O6PS2/c1-3-22-24(20,25-4-2)26-10-14-15-13(16-23-14)9-21-12-7-5-11(6-8-12)17(18)19/h5-8H,3-4,9-10H2,1-2H3/t24-/m1/s1. The fourth-order valence-electron chi connectivity index (χ4n) is 1.78. The topological polar surface area (TPSA) is 118 Å². The smallest absolute Gasteiger partial charge is 0.313 e. The van der Waals surface area contributed by atoms with E-state index in [1.54, 1.807) is 6.92 Å². The highest BCUT2D eigenvalue weighted by Crippen LogP contribution is 2.70. The molecule has 0 unspecified atom stereocenters. The molecular formula is C14H18N3O6PS2. The van der Waals surface area contributed by atoms with Gasteiger partial charge in [0.05, 0.1) is 17.3 Å². The molecule has 2 aromatic rings. The van der Waals surface area contributed by atoms with Gasteiger partial charge in [-0.25, -0.2) is 0 Å². The zero-order chi connectivity index (χ0) is 19.0. The van der Waals surface area contributed by atoms with Crippen LogP contribution in [0.5, 0.6) is 5.75 Å². The third kappa shape index (κ3) is 6.31. The minimum Gasteiger partial charge on any atom is -0.485 e. The summed E-state index contributed by atoms with van der Waals surface area (Å²) in [5.74, 6) is -0.767. The number of nitro benzene ring substituents is 1. The van der Waals surface area contributed by atoms with Gasteiger partial charge in [-0.3, -0.25) is 14.7 Å². The molecule has 0 radical (unpaired) electrons. The highest BCUT2D eigenvalue weighted by Gasteiger charge is 2.25. The molecule has 0 aliphatic carbocycles. The molecule has 0 fully saturated rings. The van der Waals surface area contributed by atoms with E-state index < -0.39 is 10.7 Å². The van der Waals surface area contributed by atoms with Crippen molar-refractivity contribution >= 4 is 34.2 Å². The molecule has 0 N–H and O–H groups in total. The normalized spacial score (nSPS) is 13.3. The van der Waals surface area contributed by atoms with Crippen molar-refractivity contribution in [3.63, 3.8) is 0 Å². The zero-order valence-electron chi connectivity index (χ0n) is 14.2. The van der Waals surface area contributed by atoms with Crippen LogP contribution in [0.2, 0.25) is 0 Å². The quantitative estimate of drug-likeness (QED) is 0.288. The molecular weight excluding hydrogens is 401 g/mol. The Morgan fingerprint density at radius 1 is 1.27 bits per heavy atom. The van der Waals surface area contributed by atoms with Crippen LogP contribution < -0.4 is 4.74 Å². The average molecular weight is 419 g/mol. The maximum Gasteiger partial charge on any atom is 0.313 e. The van der Waals surface area contributed by atoms with Gasteiger partial charge < -0.3 is 13.8 Å². The lowest BCUT2D eigenvalue weighted by Crippen LogP contribution is -1.98. The molecule has 0 saturated carbocycles. The molecule has 0 saturated heterocycles. The van der Waals surface area contributed by atoms with Gasteiger partial charge in [-0.15, -0.1) is 0 Å². The Bertz CT molecular complexity index is 760. The van der Waals surface area contributed by atoms with Crippen molar-refractivity contribution in [1.29, 1.82) is 0 Å². The highest BCUT2D eigenvalue weighted by molar-refractivity contribution is 8.89. The molecule has 0 amide bonds. The van der Waals surface area contributed by atoms with Crippen molar-refractivity contribution in [2.75, 3.05) is 12.4 Å². The Kier molecular flexibility index (Phi) is 7.95. The molecule has 1 aromatic carbocycles. The lowest BCUT2D eigenvalue weighted by atomic mass is 10.3. The van der Waals surface area contributed by atoms with Crippen molar-refractivity contribution in [3.8, 4) is 5.75 Å². The maximum atomic E-state index is 12.5. The monoisotopic (exact) mass is 419 g/mol. The van der Waals surface area contributed by atoms with E-state index >= 15 is 0 Å². The number of aromatic nitrogens is 2. The van der Waals surface area contributed by atoms with Crippen molar-refractivity contribution in [1.82, 2.24) is 10.1 Å². The molecule has 1 atom stereocenters. The third-order valence-electron chi connectivity index (χ3n) is 2.85. The second-order valence-corrected chi connectivity index (χ2v) is 12.4. The van der Waals surface area contributed by atoms with Gasteiger partial charge in [0.2, 0.25) is 11.7 Å². The maximum absolute atomic E-state index is 12.5. The number of ether oxygens (including phenoxy) is 1. The molecule has 9 nitrogen and oxygen atoms in total. The number of non-ortho nitro benzene ring substituents is 1. The molecule has 1 aromatic heterocycles. The van der Waals surface area contributed by atoms with Gasteiger partial charge in [-0.2, -0.15) is 4.98 Å². The molecule has 0 aliphatic heterocycles. The lowest BCUT2D eigenvalue weighted by Gasteiger charge is -2.13. The predicted molar refractivity (Wildman–Crippen MR) is 100 cm³/mol. The number of nitro groups is 1. The SMILES string of the molecule is CCO[P@](=O)(SCC)SCc1nc(COc2ccc([N+](=O)[O-])cc2)no1. The van der Waals surface area contributed by atoms with Crippen LogP contribution in [-0.4, -0.2) is 27.4 Å². The van der Waals surface area contributed by atoms with E-state index in [1.807, 2.05) is 6.92 Å². The van der Waals surface area contributed by atoms with Crippen LogP contribution in [-0.2, 0) is 21.4 Å². The van der Waals surface area contributed by atoms with E-state index in [1.165, 1.54) is 35.6 Å².